The van der Waals surface area contributed by atoms with Crippen LogP contribution in [0, 0.1) is 6.92 Å². The van der Waals surface area contributed by atoms with Gasteiger partial charge in [0.15, 0.2) is 11.2 Å². The van der Waals surface area contributed by atoms with Crippen LogP contribution in [0.5, 0.6) is 5.75 Å². The van der Waals surface area contributed by atoms with Crippen LogP contribution >= 0.6 is 11.3 Å². The van der Waals surface area contributed by atoms with Crippen LogP contribution in [0.2, 0.25) is 0 Å². The number of hydrogen-bond donors (Lipinski definition) is 1. The summed E-state index contributed by atoms with van der Waals surface area (Å²) in [4.78, 5) is 16.1. The van der Waals surface area contributed by atoms with E-state index in [-0.39, 0.29) is 5.91 Å². The third-order valence-corrected chi connectivity index (χ3v) is 3.28. The zero-order valence-electron chi connectivity index (χ0n) is 10.9. The Morgan fingerprint density at radius 2 is 2.37 bits per heavy atom. The molecule has 1 amide bonds. The molecule has 100 valence electrons. The number of ether oxygens (including phenoxy) is 1. The molecule has 0 bridgehead atoms. The van der Waals surface area contributed by atoms with E-state index in [1.54, 1.807) is 6.20 Å². The van der Waals surface area contributed by atoms with E-state index in [0.717, 1.165) is 5.56 Å². The first kappa shape index (κ1) is 13.5. The van der Waals surface area contributed by atoms with Gasteiger partial charge in [-0.1, -0.05) is 19.1 Å². The highest BCUT2D eigenvalue weighted by Gasteiger charge is 2.19. The first-order valence-electron chi connectivity index (χ1n) is 6.12. The van der Waals surface area contributed by atoms with Crippen molar-refractivity contribution in [3.63, 3.8) is 0 Å². The van der Waals surface area contributed by atoms with Crippen molar-refractivity contribution in [1.29, 1.82) is 0 Å². The number of hydrogen-bond acceptors (Lipinski definition) is 4. The Hall–Kier alpha value is -1.88. The van der Waals surface area contributed by atoms with Crippen molar-refractivity contribution < 1.29 is 9.53 Å². The van der Waals surface area contributed by atoms with Gasteiger partial charge in [0.2, 0.25) is 0 Å². The van der Waals surface area contributed by atoms with E-state index < -0.39 is 6.10 Å². The maximum absolute atomic E-state index is 12.1. The molecule has 2 rings (SSSR count). The molecule has 1 unspecified atom stereocenters. The number of nitrogens with one attached hydrogen (secondary N) is 1. The molecule has 0 aliphatic heterocycles. The number of benzene rings is 1. The molecule has 0 saturated heterocycles. The van der Waals surface area contributed by atoms with Crippen LogP contribution in [0.4, 0.5) is 5.13 Å². The van der Waals surface area contributed by atoms with Gasteiger partial charge in [-0.15, -0.1) is 11.3 Å². The molecule has 1 N–H and O–H groups in total. The molecule has 1 aromatic heterocycles. The van der Waals surface area contributed by atoms with E-state index in [2.05, 4.69) is 10.3 Å². The van der Waals surface area contributed by atoms with Gasteiger partial charge >= 0.3 is 0 Å². The SMILES string of the molecule is CCC(Oc1cccc(C)c1)C(=O)Nc1nccs1. The molecule has 0 aliphatic carbocycles. The lowest BCUT2D eigenvalue weighted by molar-refractivity contribution is -0.122. The van der Waals surface area contributed by atoms with Gasteiger partial charge in [-0.05, 0) is 31.0 Å². The summed E-state index contributed by atoms with van der Waals surface area (Å²) in [6.45, 7) is 3.91. The summed E-state index contributed by atoms with van der Waals surface area (Å²) in [6.07, 6.45) is 1.75. The summed E-state index contributed by atoms with van der Waals surface area (Å²) < 4.78 is 5.72. The average molecular weight is 276 g/mol. The number of aromatic nitrogens is 1. The standard InChI is InChI=1S/C14H16N2O2S/c1-3-12(13(17)16-14-15-7-8-19-14)18-11-6-4-5-10(2)9-11/h4-9,12H,3H2,1-2H3,(H,15,16,17). The maximum Gasteiger partial charge on any atom is 0.267 e. The van der Waals surface area contributed by atoms with Gasteiger partial charge in [0, 0.05) is 11.6 Å². The smallest absolute Gasteiger partial charge is 0.267 e. The van der Waals surface area contributed by atoms with Crippen molar-refractivity contribution in [3.8, 4) is 5.75 Å². The lowest BCUT2D eigenvalue weighted by Crippen LogP contribution is -2.32. The second-order valence-electron chi connectivity index (χ2n) is 4.16. The molecule has 0 radical (unpaired) electrons. The number of nitrogens with zero attached hydrogens (tertiary/aromatic N) is 1. The van der Waals surface area contributed by atoms with Crippen LogP contribution in [-0.2, 0) is 4.79 Å². The molecule has 1 atom stereocenters. The topological polar surface area (TPSA) is 51.2 Å². The van der Waals surface area contributed by atoms with Crippen molar-refractivity contribution in [2.45, 2.75) is 26.4 Å². The Morgan fingerprint density at radius 1 is 1.53 bits per heavy atom. The Kier molecular flexibility index (Phi) is 4.52. The Morgan fingerprint density at radius 3 is 3.00 bits per heavy atom. The molecule has 2 aromatic rings. The highest BCUT2D eigenvalue weighted by atomic mass is 32.1. The molecule has 1 heterocycles. The first-order valence-corrected chi connectivity index (χ1v) is 7.00. The predicted molar refractivity (Wildman–Crippen MR) is 76.6 cm³/mol. The van der Waals surface area contributed by atoms with E-state index in [4.69, 9.17) is 4.74 Å². The third kappa shape index (κ3) is 3.79. The molecule has 0 saturated carbocycles. The Labute approximate surface area is 116 Å². The number of carbonyl (C=O) groups excluding carboxylic acids is 1. The molecular formula is C14H16N2O2S. The van der Waals surface area contributed by atoms with Crippen LogP contribution < -0.4 is 10.1 Å². The summed E-state index contributed by atoms with van der Waals surface area (Å²) in [7, 11) is 0. The van der Waals surface area contributed by atoms with E-state index in [0.29, 0.717) is 17.3 Å². The van der Waals surface area contributed by atoms with Gasteiger partial charge in [-0.3, -0.25) is 10.1 Å². The third-order valence-electron chi connectivity index (χ3n) is 2.59. The normalized spacial score (nSPS) is 11.9. The van der Waals surface area contributed by atoms with Crippen LogP contribution in [0.3, 0.4) is 0 Å². The summed E-state index contributed by atoms with van der Waals surface area (Å²) in [5.74, 6) is 0.542. The highest BCUT2D eigenvalue weighted by Crippen LogP contribution is 2.17. The molecule has 19 heavy (non-hydrogen) atoms. The van der Waals surface area contributed by atoms with Crippen molar-refractivity contribution in [2.75, 3.05) is 5.32 Å². The quantitative estimate of drug-likeness (QED) is 0.912. The lowest BCUT2D eigenvalue weighted by atomic mass is 10.2. The zero-order chi connectivity index (χ0) is 13.7. The predicted octanol–water partition coefficient (Wildman–Crippen LogP) is 3.25. The average Bonchev–Trinajstić information content (AvgIpc) is 2.88. The molecule has 0 aliphatic rings. The van der Waals surface area contributed by atoms with Gasteiger partial charge in [-0.25, -0.2) is 4.98 Å². The van der Waals surface area contributed by atoms with Gasteiger partial charge < -0.3 is 4.74 Å². The fraction of sp³-hybridized carbons (Fsp3) is 0.286. The molecule has 4 nitrogen and oxygen atoms in total. The second-order valence-corrected chi connectivity index (χ2v) is 5.05. The number of aryl methyl sites for hydroxylation is 1. The summed E-state index contributed by atoms with van der Waals surface area (Å²) in [5, 5.41) is 5.16. The van der Waals surface area contributed by atoms with Crippen LogP contribution in [0.15, 0.2) is 35.8 Å². The molecule has 0 spiro atoms. The fourth-order valence-electron chi connectivity index (χ4n) is 1.65. The van der Waals surface area contributed by atoms with Gasteiger partial charge in [-0.2, -0.15) is 0 Å². The minimum Gasteiger partial charge on any atom is -0.481 e. The minimum atomic E-state index is -0.509. The lowest BCUT2D eigenvalue weighted by Gasteiger charge is -2.16. The molecule has 1 aromatic carbocycles. The van der Waals surface area contributed by atoms with E-state index in [1.807, 2.05) is 43.5 Å². The van der Waals surface area contributed by atoms with E-state index in [1.165, 1.54) is 11.3 Å². The zero-order valence-corrected chi connectivity index (χ0v) is 11.7. The largest absolute Gasteiger partial charge is 0.481 e. The van der Waals surface area contributed by atoms with Gasteiger partial charge in [0.05, 0.1) is 0 Å². The monoisotopic (exact) mass is 276 g/mol. The summed E-state index contributed by atoms with van der Waals surface area (Å²) >= 11 is 1.39. The summed E-state index contributed by atoms with van der Waals surface area (Å²) in [5.41, 5.74) is 1.10. The fourth-order valence-corrected chi connectivity index (χ4v) is 2.18. The Bertz CT molecular complexity index is 540. The van der Waals surface area contributed by atoms with E-state index >= 15 is 0 Å². The van der Waals surface area contributed by atoms with Gasteiger partial charge in [0.1, 0.15) is 5.75 Å². The van der Waals surface area contributed by atoms with Crippen molar-refractivity contribution in [1.82, 2.24) is 4.98 Å². The van der Waals surface area contributed by atoms with Gasteiger partial charge in [0.25, 0.3) is 5.91 Å². The molecule has 0 fully saturated rings. The Balaban J connectivity index is 2.01. The van der Waals surface area contributed by atoms with Crippen molar-refractivity contribution in [3.05, 3.63) is 41.4 Å². The highest BCUT2D eigenvalue weighted by molar-refractivity contribution is 7.13. The van der Waals surface area contributed by atoms with Crippen molar-refractivity contribution in [2.24, 2.45) is 0 Å². The second kappa shape index (κ2) is 6.33. The van der Waals surface area contributed by atoms with Crippen molar-refractivity contribution >= 4 is 22.4 Å². The first-order chi connectivity index (χ1) is 9.19. The minimum absolute atomic E-state index is 0.168. The number of thiazole rings is 1. The summed E-state index contributed by atoms with van der Waals surface area (Å²) in [6, 6.07) is 7.67. The number of carbonyl (C=O) groups is 1. The van der Waals surface area contributed by atoms with Crippen LogP contribution in [-0.4, -0.2) is 17.0 Å². The number of rotatable bonds is 5. The van der Waals surface area contributed by atoms with Crippen LogP contribution in [0.25, 0.3) is 0 Å². The number of amides is 1. The van der Waals surface area contributed by atoms with Crippen LogP contribution in [0.1, 0.15) is 18.9 Å². The number of anilines is 1. The molecular weight excluding hydrogens is 260 g/mol. The molecule has 5 heteroatoms. The maximum atomic E-state index is 12.1. The van der Waals surface area contributed by atoms with E-state index in [9.17, 15) is 4.79 Å².